The Morgan fingerprint density at radius 1 is 1.15 bits per heavy atom. The third kappa shape index (κ3) is 3.58. The molecule has 2 N–H and O–H groups in total. The summed E-state index contributed by atoms with van der Waals surface area (Å²) >= 11 is 5.57. The van der Waals surface area contributed by atoms with Crippen LogP contribution in [0.15, 0.2) is 36.4 Å². The van der Waals surface area contributed by atoms with Gasteiger partial charge in [-0.05, 0) is 67.0 Å². The lowest BCUT2D eigenvalue weighted by Gasteiger charge is -2.33. The Morgan fingerprint density at radius 3 is 2.35 bits per heavy atom. The molecule has 2 amide bonds. The van der Waals surface area contributed by atoms with Crippen LogP contribution in [0.1, 0.15) is 52.7 Å². The minimum absolute atomic E-state index is 0.0121. The molecule has 176 valence electrons. The fourth-order valence-electron chi connectivity index (χ4n) is 4.73. The predicted octanol–water partition coefficient (Wildman–Crippen LogP) is 4.60. The van der Waals surface area contributed by atoms with Gasteiger partial charge in [-0.1, -0.05) is 12.8 Å². The first kappa shape index (κ1) is 23.6. The number of halogens is 4. The molecule has 0 bridgehead atoms. The van der Waals surface area contributed by atoms with Gasteiger partial charge in [0.2, 0.25) is 5.91 Å². The quantitative estimate of drug-likeness (QED) is 0.500. The summed E-state index contributed by atoms with van der Waals surface area (Å²) in [4.78, 5) is 27.9. The maximum Gasteiger partial charge on any atom is 0.417 e. The Kier molecular flexibility index (Phi) is 5.81. The SMILES string of the molecule is N#Cc1ccc(N2C(=O)C3(CCCC3)N(c3ccc(C(N)=O)c(CF)c3)C2=S)cc1C(F)(F)F. The van der Waals surface area contributed by atoms with Gasteiger partial charge in [-0.2, -0.15) is 18.4 Å². The van der Waals surface area contributed by atoms with E-state index < -0.39 is 41.3 Å². The van der Waals surface area contributed by atoms with Gasteiger partial charge >= 0.3 is 6.18 Å². The number of hydrogen-bond donors (Lipinski definition) is 1. The number of hydrogen-bond acceptors (Lipinski definition) is 4. The van der Waals surface area contributed by atoms with Gasteiger partial charge < -0.3 is 10.6 Å². The molecule has 1 spiro atoms. The van der Waals surface area contributed by atoms with Crippen LogP contribution in [0.2, 0.25) is 0 Å². The minimum atomic E-state index is -4.81. The molecule has 2 aromatic rings. The highest BCUT2D eigenvalue weighted by Crippen LogP contribution is 2.47. The maximum absolute atomic E-state index is 13.7. The van der Waals surface area contributed by atoms with Gasteiger partial charge in [0, 0.05) is 11.3 Å². The van der Waals surface area contributed by atoms with E-state index in [1.54, 1.807) is 0 Å². The first-order valence-corrected chi connectivity index (χ1v) is 10.7. The van der Waals surface area contributed by atoms with Crippen molar-refractivity contribution >= 4 is 40.5 Å². The van der Waals surface area contributed by atoms with E-state index in [-0.39, 0.29) is 21.9 Å². The molecule has 1 aliphatic heterocycles. The van der Waals surface area contributed by atoms with E-state index in [0.717, 1.165) is 17.0 Å². The number of thiocarbonyl (C=S) groups is 1. The van der Waals surface area contributed by atoms with Crippen molar-refractivity contribution in [2.45, 2.75) is 44.1 Å². The molecule has 0 aromatic heterocycles. The third-order valence-electron chi connectivity index (χ3n) is 6.29. The van der Waals surface area contributed by atoms with Crippen LogP contribution in [0.3, 0.4) is 0 Å². The van der Waals surface area contributed by atoms with Gasteiger partial charge in [0.25, 0.3) is 5.91 Å². The van der Waals surface area contributed by atoms with Crippen molar-refractivity contribution in [1.82, 2.24) is 0 Å². The molecule has 1 saturated carbocycles. The second kappa shape index (κ2) is 8.36. The number of nitrogens with two attached hydrogens (primary N) is 1. The van der Waals surface area contributed by atoms with E-state index in [0.29, 0.717) is 31.4 Å². The number of benzene rings is 2. The van der Waals surface area contributed by atoms with Gasteiger partial charge in [0.15, 0.2) is 5.11 Å². The van der Waals surface area contributed by atoms with E-state index >= 15 is 0 Å². The zero-order chi connectivity index (χ0) is 24.8. The molecule has 0 radical (unpaired) electrons. The van der Waals surface area contributed by atoms with E-state index in [2.05, 4.69) is 0 Å². The number of rotatable bonds is 4. The summed E-state index contributed by atoms with van der Waals surface area (Å²) < 4.78 is 54.3. The lowest BCUT2D eigenvalue weighted by molar-refractivity contribution is -0.137. The van der Waals surface area contributed by atoms with Gasteiger partial charge in [0.05, 0.1) is 22.9 Å². The van der Waals surface area contributed by atoms with E-state index in [1.165, 1.54) is 35.2 Å². The summed E-state index contributed by atoms with van der Waals surface area (Å²) in [6.07, 6.45) is -2.64. The molecule has 1 aliphatic carbocycles. The summed E-state index contributed by atoms with van der Waals surface area (Å²) in [5.41, 5.74) is 2.64. The number of alkyl halides is 4. The summed E-state index contributed by atoms with van der Waals surface area (Å²) in [7, 11) is 0. The van der Waals surface area contributed by atoms with Crippen molar-refractivity contribution in [3.8, 4) is 6.07 Å². The van der Waals surface area contributed by atoms with E-state index in [4.69, 9.17) is 23.2 Å². The van der Waals surface area contributed by atoms with Crippen molar-refractivity contribution in [3.63, 3.8) is 0 Å². The smallest absolute Gasteiger partial charge is 0.366 e. The molecular formula is C23H18F4N4O2S. The predicted molar refractivity (Wildman–Crippen MR) is 120 cm³/mol. The minimum Gasteiger partial charge on any atom is -0.366 e. The van der Waals surface area contributed by atoms with Gasteiger partial charge in [-0.15, -0.1) is 0 Å². The Labute approximate surface area is 197 Å². The van der Waals surface area contributed by atoms with Crippen molar-refractivity contribution in [2.75, 3.05) is 9.80 Å². The topological polar surface area (TPSA) is 90.4 Å². The van der Waals surface area contributed by atoms with Crippen LogP contribution in [0, 0.1) is 11.3 Å². The van der Waals surface area contributed by atoms with Gasteiger partial charge in [-0.25, -0.2) is 4.39 Å². The second-order valence-electron chi connectivity index (χ2n) is 8.18. The van der Waals surface area contributed by atoms with Crippen molar-refractivity contribution < 1.29 is 27.2 Å². The highest BCUT2D eigenvalue weighted by molar-refractivity contribution is 7.81. The summed E-state index contributed by atoms with van der Waals surface area (Å²) in [6, 6.07) is 8.70. The number of amides is 2. The molecule has 2 fully saturated rings. The maximum atomic E-state index is 13.7. The summed E-state index contributed by atoms with van der Waals surface area (Å²) in [5, 5.41) is 9.01. The Morgan fingerprint density at radius 2 is 1.79 bits per heavy atom. The normalized spacial score (nSPS) is 17.5. The molecular weight excluding hydrogens is 472 g/mol. The van der Waals surface area contributed by atoms with Crippen LogP contribution < -0.4 is 15.5 Å². The van der Waals surface area contributed by atoms with Crippen LogP contribution in [0.4, 0.5) is 28.9 Å². The average molecular weight is 490 g/mol. The zero-order valence-corrected chi connectivity index (χ0v) is 18.5. The Bertz CT molecular complexity index is 1250. The Hall–Kier alpha value is -3.52. The van der Waals surface area contributed by atoms with Crippen molar-refractivity contribution in [3.05, 3.63) is 58.7 Å². The highest BCUT2D eigenvalue weighted by atomic mass is 32.1. The lowest BCUT2D eigenvalue weighted by Crippen LogP contribution is -2.47. The molecule has 1 heterocycles. The van der Waals surface area contributed by atoms with Crippen LogP contribution in [-0.2, 0) is 17.6 Å². The van der Waals surface area contributed by atoms with E-state index in [9.17, 15) is 27.2 Å². The van der Waals surface area contributed by atoms with Crippen LogP contribution in [0.25, 0.3) is 0 Å². The molecule has 4 rings (SSSR count). The highest BCUT2D eigenvalue weighted by Gasteiger charge is 2.57. The first-order valence-electron chi connectivity index (χ1n) is 10.3. The van der Waals surface area contributed by atoms with Crippen LogP contribution in [-0.4, -0.2) is 22.5 Å². The monoisotopic (exact) mass is 490 g/mol. The standard InChI is InChI=1S/C23H18F4N4O2S/c24-11-14-9-16(5-6-17(14)19(29)32)31-21(34)30(20(33)22(31)7-1-2-8-22)15-4-3-13(12-28)18(10-15)23(25,26)27/h3-6,9-10H,1-2,7-8,11H2,(H2,29,32). The van der Waals surface area contributed by atoms with Gasteiger partial charge in [-0.3, -0.25) is 14.5 Å². The summed E-state index contributed by atoms with van der Waals surface area (Å²) in [5.74, 6) is -1.30. The number of primary amides is 1. The fraction of sp³-hybridized carbons (Fsp3) is 0.304. The zero-order valence-electron chi connectivity index (χ0n) is 17.7. The molecule has 2 aliphatic rings. The van der Waals surface area contributed by atoms with Crippen LogP contribution >= 0.6 is 12.2 Å². The molecule has 11 heteroatoms. The average Bonchev–Trinajstić information content (AvgIpc) is 3.36. The first-order chi connectivity index (χ1) is 16.0. The molecule has 1 saturated heterocycles. The molecule has 0 unspecified atom stereocenters. The number of carbonyl (C=O) groups excluding carboxylic acids is 2. The lowest BCUT2D eigenvalue weighted by atomic mass is 9.94. The van der Waals surface area contributed by atoms with Crippen molar-refractivity contribution in [2.24, 2.45) is 5.73 Å². The number of nitriles is 1. The fourth-order valence-corrected chi connectivity index (χ4v) is 5.20. The molecule has 0 atom stereocenters. The number of nitrogens with zero attached hydrogens (tertiary/aromatic N) is 3. The number of carbonyl (C=O) groups is 2. The van der Waals surface area contributed by atoms with Crippen molar-refractivity contribution in [1.29, 1.82) is 5.26 Å². The van der Waals surface area contributed by atoms with E-state index in [1.807, 2.05) is 0 Å². The van der Waals surface area contributed by atoms with Crippen LogP contribution in [0.5, 0.6) is 0 Å². The molecule has 2 aromatic carbocycles. The largest absolute Gasteiger partial charge is 0.417 e. The Balaban J connectivity index is 1.86. The molecule has 6 nitrogen and oxygen atoms in total. The second-order valence-corrected chi connectivity index (χ2v) is 8.54. The summed E-state index contributed by atoms with van der Waals surface area (Å²) in [6.45, 7) is -0.984. The third-order valence-corrected chi connectivity index (χ3v) is 6.65. The van der Waals surface area contributed by atoms with Gasteiger partial charge in [0.1, 0.15) is 12.2 Å². The molecule has 34 heavy (non-hydrogen) atoms. The number of anilines is 2.